The maximum absolute atomic E-state index is 13.3. The fourth-order valence-corrected chi connectivity index (χ4v) is 3.72. The molecule has 25 heavy (non-hydrogen) atoms. The first kappa shape index (κ1) is 17.7. The topological polar surface area (TPSA) is 49.8 Å². The van der Waals surface area contributed by atoms with Crippen LogP contribution >= 0.6 is 35.6 Å². The van der Waals surface area contributed by atoms with Gasteiger partial charge in [0.25, 0.3) is 5.91 Å². The first-order chi connectivity index (χ1) is 11.9. The SMILES string of the molecule is COc1cc(/C=C2/SC(=S)N(c3ccc(F)c(Cl)c3)C2=O)ccc1O. The summed E-state index contributed by atoms with van der Waals surface area (Å²) >= 11 is 12.2. The molecule has 1 aliphatic heterocycles. The number of phenolic OH excluding ortho intramolecular Hbond substituents is 1. The zero-order valence-corrected chi connectivity index (χ0v) is 15.2. The normalized spacial score (nSPS) is 16.0. The molecule has 0 aromatic heterocycles. The number of thioether (sulfide) groups is 1. The second-order valence-corrected chi connectivity index (χ2v) is 7.13. The predicted molar refractivity (Wildman–Crippen MR) is 102 cm³/mol. The summed E-state index contributed by atoms with van der Waals surface area (Å²) in [5.41, 5.74) is 1.08. The highest BCUT2D eigenvalue weighted by Crippen LogP contribution is 2.37. The van der Waals surface area contributed by atoms with E-state index in [-0.39, 0.29) is 16.7 Å². The first-order valence-electron chi connectivity index (χ1n) is 7.00. The van der Waals surface area contributed by atoms with E-state index < -0.39 is 5.82 Å². The monoisotopic (exact) mass is 395 g/mol. The minimum atomic E-state index is -0.567. The lowest BCUT2D eigenvalue weighted by Crippen LogP contribution is -2.27. The van der Waals surface area contributed by atoms with Crippen molar-refractivity contribution in [2.75, 3.05) is 12.0 Å². The molecule has 128 valence electrons. The van der Waals surface area contributed by atoms with Crippen LogP contribution in [0.1, 0.15) is 5.56 Å². The molecule has 0 unspecified atom stereocenters. The van der Waals surface area contributed by atoms with Gasteiger partial charge in [0.2, 0.25) is 0 Å². The Balaban J connectivity index is 1.94. The van der Waals surface area contributed by atoms with Gasteiger partial charge in [-0.05, 0) is 42.0 Å². The number of carbonyl (C=O) groups is 1. The van der Waals surface area contributed by atoms with E-state index in [4.69, 9.17) is 28.6 Å². The van der Waals surface area contributed by atoms with Crippen LogP contribution in [0.15, 0.2) is 41.3 Å². The van der Waals surface area contributed by atoms with E-state index in [2.05, 4.69) is 0 Å². The van der Waals surface area contributed by atoms with Crippen molar-refractivity contribution in [3.8, 4) is 11.5 Å². The van der Waals surface area contributed by atoms with E-state index in [9.17, 15) is 14.3 Å². The molecular formula is C17H11ClFNO3S2. The lowest BCUT2D eigenvalue weighted by molar-refractivity contribution is -0.113. The lowest BCUT2D eigenvalue weighted by Gasteiger charge is -2.14. The average Bonchev–Trinajstić information content (AvgIpc) is 2.86. The van der Waals surface area contributed by atoms with Crippen molar-refractivity contribution in [1.29, 1.82) is 0 Å². The fraction of sp³-hybridized carbons (Fsp3) is 0.0588. The van der Waals surface area contributed by atoms with E-state index in [0.29, 0.717) is 26.2 Å². The standard InChI is InChI=1S/C17H11ClFNO3S2/c1-23-14-6-9(2-5-13(14)21)7-15-16(22)20(17(24)25-15)10-3-4-12(19)11(18)8-10/h2-8,21H,1H3/b15-7+. The largest absolute Gasteiger partial charge is 0.504 e. The third-order valence-corrected chi connectivity index (χ3v) is 5.05. The predicted octanol–water partition coefficient (Wildman–Crippen LogP) is 4.60. The van der Waals surface area contributed by atoms with Gasteiger partial charge >= 0.3 is 0 Å². The van der Waals surface area contributed by atoms with Crippen LogP contribution in [0.2, 0.25) is 5.02 Å². The number of amides is 1. The number of nitrogens with zero attached hydrogens (tertiary/aromatic N) is 1. The molecule has 0 saturated carbocycles. The molecule has 8 heteroatoms. The molecule has 2 aromatic carbocycles. The number of methoxy groups -OCH3 is 1. The third kappa shape index (κ3) is 3.49. The molecule has 1 N–H and O–H groups in total. The van der Waals surface area contributed by atoms with E-state index in [1.165, 1.54) is 36.3 Å². The number of aromatic hydroxyl groups is 1. The lowest BCUT2D eigenvalue weighted by atomic mass is 10.2. The number of thiocarbonyl (C=S) groups is 1. The molecule has 1 heterocycles. The Kier molecular flexibility index (Phi) is 4.99. The summed E-state index contributed by atoms with van der Waals surface area (Å²) in [6, 6.07) is 8.72. The minimum Gasteiger partial charge on any atom is -0.504 e. The molecule has 2 aromatic rings. The van der Waals surface area contributed by atoms with Crippen LogP contribution in [0.25, 0.3) is 6.08 Å². The summed E-state index contributed by atoms with van der Waals surface area (Å²) in [7, 11) is 1.44. The third-order valence-electron chi connectivity index (χ3n) is 3.46. The van der Waals surface area contributed by atoms with E-state index in [0.717, 1.165) is 11.8 Å². The summed E-state index contributed by atoms with van der Waals surface area (Å²) < 4.78 is 18.7. The molecule has 0 radical (unpaired) electrons. The average molecular weight is 396 g/mol. The number of phenols is 1. The Morgan fingerprint density at radius 3 is 2.76 bits per heavy atom. The number of ether oxygens (including phenoxy) is 1. The van der Waals surface area contributed by atoms with Gasteiger partial charge < -0.3 is 9.84 Å². The number of halogens is 2. The zero-order chi connectivity index (χ0) is 18.1. The van der Waals surface area contributed by atoms with Crippen molar-refractivity contribution in [1.82, 2.24) is 0 Å². The van der Waals surface area contributed by atoms with Gasteiger partial charge in [0, 0.05) is 0 Å². The van der Waals surface area contributed by atoms with Crippen molar-refractivity contribution in [3.05, 3.63) is 57.7 Å². The second-order valence-electron chi connectivity index (χ2n) is 5.05. The number of benzene rings is 2. The minimum absolute atomic E-state index is 0.00755. The molecule has 0 atom stereocenters. The molecular weight excluding hydrogens is 385 g/mol. The first-order valence-corrected chi connectivity index (χ1v) is 8.61. The van der Waals surface area contributed by atoms with Gasteiger partial charge in [-0.15, -0.1) is 0 Å². The maximum atomic E-state index is 13.3. The Hall–Kier alpha value is -2.09. The van der Waals surface area contributed by atoms with Gasteiger partial charge in [-0.3, -0.25) is 9.69 Å². The summed E-state index contributed by atoms with van der Waals surface area (Å²) in [6.07, 6.45) is 1.65. The highest BCUT2D eigenvalue weighted by Gasteiger charge is 2.33. The van der Waals surface area contributed by atoms with E-state index in [1.54, 1.807) is 18.2 Å². The van der Waals surface area contributed by atoms with Crippen molar-refractivity contribution in [3.63, 3.8) is 0 Å². The van der Waals surface area contributed by atoms with Crippen molar-refractivity contribution in [2.45, 2.75) is 0 Å². The van der Waals surface area contributed by atoms with Crippen LogP contribution in [-0.2, 0) is 4.79 Å². The van der Waals surface area contributed by atoms with Crippen LogP contribution in [0.4, 0.5) is 10.1 Å². The Morgan fingerprint density at radius 1 is 1.32 bits per heavy atom. The molecule has 1 amide bonds. The van der Waals surface area contributed by atoms with Crippen LogP contribution in [0.3, 0.4) is 0 Å². The number of carbonyl (C=O) groups excluding carboxylic acids is 1. The van der Waals surface area contributed by atoms with E-state index in [1.807, 2.05) is 0 Å². The van der Waals surface area contributed by atoms with Gasteiger partial charge in [-0.2, -0.15) is 0 Å². The Bertz CT molecular complexity index is 917. The molecule has 3 rings (SSSR count). The van der Waals surface area contributed by atoms with Crippen molar-refractivity contribution >= 4 is 57.6 Å². The highest BCUT2D eigenvalue weighted by molar-refractivity contribution is 8.27. The summed E-state index contributed by atoms with van der Waals surface area (Å²) in [5, 5.41) is 9.55. The van der Waals surface area contributed by atoms with Crippen molar-refractivity contribution in [2.24, 2.45) is 0 Å². The highest BCUT2D eigenvalue weighted by atomic mass is 35.5. The number of hydrogen-bond acceptors (Lipinski definition) is 5. The van der Waals surface area contributed by atoms with Gasteiger partial charge in [0.05, 0.1) is 22.7 Å². The molecule has 0 aliphatic carbocycles. The molecule has 0 bridgehead atoms. The smallest absolute Gasteiger partial charge is 0.270 e. The summed E-state index contributed by atoms with van der Waals surface area (Å²) in [6.45, 7) is 0. The molecule has 1 aliphatic rings. The van der Waals surface area contributed by atoms with Crippen LogP contribution < -0.4 is 9.64 Å². The van der Waals surface area contributed by atoms with Gasteiger partial charge in [0.15, 0.2) is 15.8 Å². The Morgan fingerprint density at radius 2 is 2.08 bits per heavy atom. The van der Waals surface area contributed by atoms with E-state index >= 15 is 0 Å². The molecule has 1 saturated heterocycles. The van der Waals surface area contributed by atoms with Gasteiger partial charge in [-0.25, -0.2) is 4.39 Å². The maximum Gasteiger partial charge on any atom is 0.270 e. The van der Waals surface area contributed by atoms with Crippen LogP contribution in [-0.4, -0.2) is 22.4 Å². The number of anilines is 1. The molecule has 4 nitrogen and oxygen atoms in total. The zero-order valence-electron chi connectivity index (χ0n) is 12.8. The Labute approximate surface area is 157 Å². The fourth-order valence-electron chi connectivity index (χ4n) is 2.25. The number of hydrogen-bond donors (Lipinski definition) is 1. The van der Waals surface area contributed by atoms with Crippen LogP contribution in [0, 0.1) is 5.82 Å². The summed E-state index contributed by atoms with van der Waals surface area (Å²) in [5.74, 6) is -0.588. The van der Waals surface area contributed by atoms with Gasteiger partial charge in [-0.1, -0.05) is 41.6 Å². The molecule has 0 spiro atoms. The number of rotatable bonds is 3. The second kappa shape index (κ2) is 7.03. The van der Waals surface area contributed by atoms with Gasteiger partial charge in [0.1, 0.15) is 5.82 Å². The quantitative estimate of drug-likeness (QED) is 0.608. The summed E-state index contributed by atoms with van der Waals surface area (Å²) in [4.78, 5) is 14.4. The molecule has 1 fully saturated rings. The van der Waals surface area contributed by atoms with Crippen molar-refractivity contribution < 1.29 is 19.0 Å². The van der Waals surface area contributed by atoms with Crippen LogP contribution in [0.5, 0.6) is 11.5 Å².